The highest BCUT2D eigenvalue weighted by atomic mass is 35.5. The largest absolute Gasteiger partial charge is 0.456 e. The second-order valence-electron chi connectivity index (χ2n) is 7.93. The van der Waals surface area contributed by atoms with E-state index in [1.807, 2.05) is 54.6 Å². The predicted molar refractivity (Wildman–Crippen MR) is 128 cm³/mol. The van der Waals surface area contributed by atoms with Crippen molar-refractivity contribution < 1.29 is 14.3 Å². The van der Waals surface area contributed by atoms with Crippen LogP contribution in [0.25, 0.3) is 11.3 Å². The van der Waals surface area contributed by atoms with Gasteiger partial charge >= 0.3 is 0 Å². The molecular weight excluding hydrogens is 438 g/mol. The Labute approximate surface area is 197 Å². The second kappa shape index (κ2) is 9.88. The van der Waals surface area contributed by atoms with Crippen LogP contribution in [0.3, 0.4) is 0 Å². The van der Waals surface area contributed by atoms with Gasteiger partial charge in [-0.1, -0.05) is 42.4 Å². The number of primary amides is 1. The third-order valence-corrected chi connectivity index (χ3v) is 5.95. The fraction of sp³-hybridized carbons (Fsp3) is 0.192. The lowest BCUT2D eigenvalue weighted by Gasteiger charge is -2.32. The zero-order valence-electron chi connectivity index (χ0n) is 18.0. The summed E-state index contributed by atoms with van der Waals surface area (Å²) in [4.78, 5) is 30.4. The van der Waals surface area contributed by atoms with Crippen molar-refractivity contribution in [1.82, 2.24) is 9.88 Å². The Bertz CT molecular complexity index is 1170. The Morgan fingerprint density at radius 1 is 1.03 bits per heavy atom. The average Bonchev–Trinajstić information content (AvgIpc) is 2.84. The number of nitrogens with zero attached hydrogens (tertiary/aromatic N) is 2. The number of para-hydroxylation sites is 1. The molecule has 0 radical (unpaired) electrons. The van der Waals surface area contributed by atoms with E-state index in [0.717, 1.165) is 24.2 Å². The predicted octanol–water partition coefficient (Wildman–Crippen LogP) is 5.10. The zero-order valence-corrected chi connectivity index (χ0v) is 18.8. The van der Waals surface area contributed by atoms with E-state index in [9.17, 15) is 9.59 Å². The highest BCUT2D eigenvalue weighted by Crippen LogP contribution is 2.33. The van der Waals surface area contributed by atoms with Crippen molar-refractivity contribution in [2.45, 2.75) is 18.8 Å². The molecule has 3 aromatic rings. The summed E-state index contributed by atoms with van der Waals surface area (Å²) in [5.74, 6) is 0.832. The first-order valence-corrected chi connectivity index (χ1v) is 11.1. The van der Waals surface area contributed by atoms with Gasteiger partial charge in [0, 0.05) is 24.2 Å². The minimum atomic E-state index is -0.510. The normalized spacial score (nSPS) is 14.0. The summed E-state index contributed by atoms with van der Waals surface area (Å²) in [6.45, 7) is 4.73. The van der Waals surface area contributed by atoms with Crippen LogP contribution in [0, 0.1) is 0 Å². The molecule has 33 heavy (non-hydrogen) atoms. The summed E-state index contributed by atoms with van der Waals surface area (Å²) in [5, 5.41) is 0.0345. The topological polar surface area (TPSA) is 85.5 Å². The van der Waals surface area contributed by atoms with Crippen molar-refractivity contribution in [3.05, 3.63) is 89.6 Å². The number of halogens is 1. The van der Waals surface area contributed by atoms with Crippen LogP contribution in [-0.4, -0.2) is 34.8 Å². The first-order chi connectivity index (χ1) is 15.9. The number of ether oxygens (including phenoxy) is 1. The Morgan fingerprint density at radius 3 is 2.36 bits per heavy atom. The molecule has 1 aliphatic heterocycles. The van der Waals surface area contributed by atoms with Gasteiger partial charge in [-0.15, -0.1) is 0 Å². The summed E-state index contributed by atoms with van der Waals surface area (Å²) in [5.41, 5.74) is 8.44. The van der Waals surface area contributed by atoms with Crippen LogP contribution in [0.2, 0.25) is 0 Å². The number of amides is 2. The molecule has 2 heterocycles. The molecular formula is C26H24ClN3O3. The van der Waals surface area contributed by atoms with Crippen LogP contribution in [-0.2, 0) is 4.79 Å². The molecule has 7 heteroatoms. The number of aromatic nitrogens is 1. The van der Waals surface area contributed by atoms with Crippen LogP contribution in [0.15, 0.2) is 78.5 Å². The van der Waals surface area contributed by atoms with E-state index in [4.69, 9.17) is 22.1 Å². The van der Waals surface area contributed by atoms with Gasteiger partial charge < -0.3 is 15.4 Å². The molecule has 2 N–H and O–H groups in total. The molecule has 4 rings (SSSR count). The van der Waals surface area contributed by atoms with Crippen LogP contribution in [0.4, 0.5) is 0 Å². The van der Waals surface area contributed by atoms with Crippen LogP contribution >= 0.6 is 11.6 Å². The Hall–Kier alpha value is -3.64. The van der Waals surface area contributed by atoms with E-state index in [1.165, 1.54) is 0 Å². The van der Waals surface area contributed by atoms with Crippen LogP contribution < -0.4 is 10.5 Å². The van der Waals surface area contributed by atoms with Crippen molar-refractivity contribution >= 4 is 23.4 Å². The molecule has 2 amide bonds. The fourth-order valence-electron chi connectivity index (χ4n) is 4.05. The number of benzene rings is 2. The summed E-state index contributed by atoms with van der Waals surface area (Å²) in [6.07, 6.45) is 3.22. The smallest absolute Gasteiger partial charge is 0.264 e. The lowest BCUT2D eigenvalue weighted by atomic mass is 9.87. The van der Waals surface area contributed by atoms with Crippen LogP contribution in [0.5, 0.6) is 11.5 Å². The van der Waals surface area contributed by atoms with Gasteiger partial charge in [-0.05, 0) is 60.7 Å². The quantitative estimate of drug-likeness (QED) is 0.517. The number of rotatable bonds is 6. The number of hydrogen-bond acceptors (Lipinski definition) is 4. The lowest BCUT2D eigenvalue weighted by Crippen LogP contribution is -2.37. The molecule has 0 atom stereocenters. The summed E-state index contributed by atoms with van der Waals surface area (Å²) in [6, 6.07) is 18.7. The maximum absolute atomic E-state index is 12.1. The number of carbonyl (C=O) groups is 2. The van der Waals surface area contributed by atoms with E-state index in [-0.39, 0.29) is 16.9 Å². The van der Waals surface area contributed by atoms with Crippen molar-refractivity contribution in [1.29, 1.82) is 0 Å². The third kappa shape index (κ3) is 5.23. The van der Waals surface area contributed by atoms with Gasteiger partial charge in [-0.3, -0.25) is 14.6 Å². The molecule has 0 saturated carbocycles. The Kier molecular flexibility index (Phi) is 6.75. The first kappa shape index (κ1) is 22.6. The zero-order chi connectivity index (χ0) is 23.4. The molecule has 6 nitrogen and oxygen atoms in total. The molecule has 0 aliphatic carbocycles. The third-order valence-electron chi connectivity index (χ3n) is 5.79. The molecule has 168 valence electrons. The van der Waals surface area contributed by atoms with Gasteiger partial charge in [0.15, 0.2) is 0 Å². The molecule has 0 spiro atoms. The number of likely N-dealkylation sites (tertiary alicyclic amines) is 1. The molecule has 1 saturated heterocycles. The van der Waals surface area contributed by atoms with E-state index in [1.54, 1.807) is 17.2 Å². The van der Waals surface area contributed by atoms with Gasteiger partial charge in [0.1, 0.15) is 11.5 Å². The number of pyridine rings is 1. The lowest BCUT2D eigenvalue weighted by molar-refractivity contribution is -0.127. The highest BCUT2D eigenvalue weighted by Gasteiger charge is 2.25. The van der Waals surface area contributed by atoms with E-state index in [2.05, 4.69) is 11.6 Å². The minimum Gasteiger partial charge on any atom is -0.456 e. The number of carbonyl (C=O) groups excluding carboxylic acids is 2. The second-order valence-corrected chi connectivity index (χ2v) is 8.39. The van der Waals surface area contributed by atoms with Gasteiger partial charge in [-0.25, -0.2) is 0 Å². The van der Waals surface area contributed by atoms with Gasteiger partial charge in [0.25, 0.3) is 5.91 Å². The highest BCUT2D eigenvalue weighted by molar-refractivity contribution is 6.41. The maximum atomic E-state index is 12.1. The number of hydrogen-bond donors (Lipinski definition) is 1. The van der Waals surface area contributed by atoms with Gasteiger partial charge in [-0.2, -0.15) is 0 Å². The van der Waals surface area contributed by atoms with Gasteiger partial charge in [0.2, 0.25) is 5.91 Å². The molecule has 1 aromatic heterocycles. The Morgan fingerprint density at radius 2 is 1.76 bits per heavy atom. The minimum absolute atomic E-state index is 0.0345. The van der Waals surface area contributed by atoms with E-state index >= 15 is 0 Å². The molecule has 1 aliphatic rings. The van der Waals surface area contributed by atoms with E-state index in [0.29, 0.717) is 35.7 Å². The molecule has 1 fully saturated rings. The SMILES string of the molecule is C=C(Cl)C(=O)N1CCC(c2ccc(C(N)=O)c(-c3ccc(Oc4ccccc4)cn3)c2)CC1. The molecule has 0 bridgehead atoms. The van der Waals surface area contributed by atoms with Crippen molar-refractivity contribution in [2.75, 3.05) is 13.1 Å². The summed E-state index contributed by atoms with van der Waals surface area (Å²) < 4.78 is 5.81. The number of nitrogens with two attached hydrogens (primary N) is 1. The average molecular weight is 462 g/mol. The van der Waals surface area contributed by atoms with Crippen molar-refractivity contribution in [2.24, 2.45) is 5.73 Å². The summed E-state index contributed by atoms with van der Waals surface area (Å²) in [7, 11) is 0. The van der Waals surface area contributed by atoms with E-state index < -0.39 is 5.91 Å². The Balaban J connectivity index is 1.55. The standard InChI is InChI=1S/C26H24ClN3O3/c1-17(27)26(32)30-13-11-18(12-14-30)19-7-9-22(25(28)31)23(15-19)24-10-8-21(16-29-24)33-20-5-3-2-4-6-20/h2-10,15-16,18H,1,11-14H2,(H2,28,31). The van der Waals surface area contributed by atoms with Crippen LogP contribution in [0.1, 0.15) is 34.7 Å². The molecule has 2 aromatic carbocycles. The summed E-state index contributed by atoms with van der Waals surface area (Å²) >= 11 is 5.76. The number of piperidine rings is 1. The van der Waals surface area contributed by atoms with Gasteiger partial charge in [0.05, 0.1) is 16.9 Å². The van der Waals surface area contributed by atoms with Crippen molar-refractivity contribution in [3.8, 4) is 22.8 Å². The molecule has 0 unspecified atom stereocenters. The maximum Gasteiger partial charge on any atom is 0.264 e. The fourth-order valence-corrected chi connectivity index (χ4v) is 4.17. The van der Waals surface area contributed by atoms with Crippen molar-refractivity contribution in [3.63, 3.8) is 0 Å². The monoisotopic (exact) mass is 461 g/mol. The first-order valence-electron chi connectivity index (χ1n) is 10.7.